The van der Waals surface area contributed by atoms with Crippen molar-refractivity contribution in [2.75, 3.05) is 32.0 Å². The molecule has 10 heteroatoms. The van der Waals surface area contributed by atoms with E-state index in [-0.39, 0.29) is 10.8 Å². The van der Waals surface area contributed by atoms with Crippen molar-refractivity contribution >= 4 is 43.7 Å². The molecule has 0 radical (unpaired) electrons. The van der Waals surface area contributed by atoms with Gasteiger partial charge in [-0.3, -0.25) is 9.69 Å². The quantitative estimate of drug-likeness (QED) is 0.733. The molecule has 7 nitrogen and oxygen atoms in total. The van der Waals surface area contributed by atoms with E-state index < -0.39 is 15.9 Å². The van der Waals surface area contributed by atoms with Gasteiger partial charge >= 0.3 is 0 Å². The number of thiophene rings is 1. The molecule has 1 aliphatic rings. The molecule has 27 heavy (non-hydrogen) atoms. The Morgan fingerprint density at radius 3 is 2.78 bits per heavy atom. The Bertz CT molecular complexity index is 856. The van der Waals surface area contributed by atoms with Crippen LogP contribution in [0, 0.1) is 5.92 Å². The molecule has 148 valence electrons. The second kappa shape index (κ2) is 8.78. The van der Waals surface area contributed by atoms with Gasteiger partial charge < -0.3 is 5.32 Å². The molecular formula is C17H24N4O3S3. The largest absolute Gasteiger partial charge is 0.301 e. The van der Waals surface area contributed by atoms with Crippen molar-refractivity contribution in [3.05, 3.63) is 28.6 Å². The lowest BCUT2D eigenvalue weighted by Crippen LogP contribution is -2.34. The van der Waals surface area contributed by atoms with Crippen LogP contribution < -0.4 is 5.32 Å². The summed E-state index contributed by atoms with van der Waals surface area (Å²) in [6.07, 6.45) is 2.41. The summed E-state index contributed by atoms with van der Waals surface area (Å²) < 4.78 is 26.0. The van der Waals surface area contributed by atoms with Gasteiger partial charge in [0.2, 0.25) is 5.91 Å². The third kappa shape index (κ3) is 5.35. The Kier molecular flexibility index (Phi) is 6.64. The third-order valence-corrected chi connectivity index (χ3v) is 8.57. The fourth-order valence-corrected chi connectivity index (χ4v) is 5.94. The van der Waals surface area contributed by atoms with Crippen molar-refractivity contribution < 1.29 is 13.2 Å². The predicted molar refractivity (Wildman–Crippen MR) is 109 cm³/mol. The molecule has 3 heterocycles. The molecule has 1 N–H and O–H groups in total. The van der Waals surface area contributed by atoms with Gasteiger partial charge in [-0.1, -0.05) is 13.0 Å². The van der Waals surface area contributed by atoms with Crippen molar-refractivity contribution in [1.29, 1.82) is 0 Å². The first kappa shape index (κ1) is 20.4. The van der Waals surface area contributed by atoms with Gasteiger partial charge in [0.25, 0.3) is 10.0 Å². The number of hydrogen-bond donors (Lipinski definition) is 1. The Hall–Kier alpha value is -1.33. The average Bonchev–Trinajstić information content (AvgIpc) is 3.29. The van der Waals surface area contributed by atoms with Crippen LogP contribution in [0.4, 0.5) is 5.13 Å². The molecule has 0 bridgehead atoms. The molecule has 0 atom stereocenters. The second-order valence-corrected chi connectivity index (χ2v) is 10.9. The van der Waals surface area contributed by atoms with E-state index >= 15 is 0 Å². The van der Waals surface area contributed by atoms with Crippen molar-refractivity contribution in [3.8, 4) is 0 Å². The first-order chi connectivity index (χ1) is 12.8. The fraction of sp³-hybridized carbons (Fsp3) is 0.529. The fourth-order valence-electron chi connectivity index (χ4n) is 2.90. The molecule has 0 unspecified atom stereocenters. The molecule has 0 aliphatic carbocycles. The number of aromatic nitrogens is 1. The summed E-state index contributed by atoms with van der Waals surface area (Å²) in [6, 6.07) is 3.20. The van der Waals surface area contributed by atoms with Crippen molar-refractivity contribution in [2.24, 2.45) is 5.92 Å². The minimum Gasteiger partial charge on any atom is -0.301 e. The Morgan fingerprint density at radius 2 is 2.11 bits per heavy atom. The zero-order valence-corrected chi connectivity index (χ0v) is 17.9. The number of carbonyl (C=O) groups is 1. The zero-order valence-electron chi connectivity index (χ0n) is 15.4. The summed E-state index contributed by atoms with van der Waals surface area (Å²) in [5.74, 6) is 0.388. The average molecular weight is 429 g/mol. The van der Waals surface area contributed by atoms with Gasteiger partial charge in [0.05, 0.1) is 12.2 Å². The number of likely N-dealkylation sites (tertiary alicyclic amines) is 1. The lowest BCUT2D eigenvalue weighted by molar-refractivity contribution is -0.116. The van der Waals surface area contributed by atoms with E-state index in [1.807, 2.05) is 5.38 Å². The summed E-state index contributed by atoms with van der Waals surface area (Å²) in [6.45, 7) is 4.96. The predicted octanol–water partition coefficient (Wildman–Crippen LogP) is 2.70. The minimum atomic E-state index is -3.63. The third-order valence-electron chi connectivity index (χ3n) is 4.59. The van der Waals surface area contributed by atoms with Gasteiger partial charge in [-0.25, -0.2) is 13.4 Å². The van der Waals surface area contributed by atoms with E-state index in [1.54, 1.807) is 11.4 Å². The maximum absolute atomic E-state index is 12.4. The van der Waals surface area contributed by atoms with Crippen LogP contribution >= 0.6 is 22.7 Å². The highest BCUT2D eigenvalue weighted by molar-refractivity contribution is 7.91. The smallest absolute Gasteiger partial charge is 0.252 e. The van der Waals surface area contributed by atoms with E-state index in [4.69, 9.17) is 0 Å². The highest BCUT2D eigenvalue weighted by atomic mass is 32.2. The second-order valence-electron chi connectivity index (χ2n) is 6.84. The van der Waals surface area contributed by atoms with Crippen molar-refractivity contribution in [3.63, 3.8) is 0 Å². The van der Waals surface area contributed by atoms with E-state index in [2.05, 4.69) is 22.1 Å². The van der Waals surface area contributed by atoms with Crippen LogP contribution in [0.1, 0.15) is 25.5 Å². The SMILES string of the molecule is CC1CCN(Cc2csc(NC(=O)CN(C)S(=O)(=O)c3cccs3)n2)CC1. The van der Waals surface area contributed by atoms with Crippen LogP contribution in [0.25, 0.3) is 0 Å². The Labute approximate surface area is 168 Å². The minimum absolute atomic E-state index is 0.227. The number of thiazole rings is 1. The molecule has 0 spiro atoms. The number of rotatable bonds is 7. The highest BCUT2D eigenvalue weighted by Gasteiger charge is 2.24. The molecular weight excluding hydrogens is 404 g/mol. The Morgan fingerprint density at radius 1 is 1.37 bits per heavy atom. The summed E-state index contributed by atoms with van der Waals surface area (Å²) in [5, 5.41) is 6.84. The molecule has 0 saturated carbocycles. The van der Waals surface area contributed by atoms with Crippen molar-refractivity contribution in [1.82, 2.24) is 14.2 Å². The molecule has 1 fully saturated rings. The number of piperidine rings is 1. The van der Waals surface area contributed by atoms with E-state index in [9.17, 15) is 13.2 Å². The topological polar surface area (TPSA) is 82.6 Å². The van der Waals surface area contributed by atoms with E-state index in [0.29, 0.717) is 5.13 Å². The normalized spacial score (nSPS) is 16.7. The van der Waals surface area contributed by atoms with Gasteiger partial charge in [-0.2, -0.15) is 4.31 Å². The molecule has 1 aliphatic heterocycles. The zero-order chi connectivity index (χ0) is 19.4. The maximum Gasteiger partial charge on any atom is 0.252 e. The number of likely N-dealkylation sites (N-methyl/N-ethyl adjacent to an activating group) is 1. The number of amides is 1. The monoisotopic (exact) mass is 428 g/mol. The first-order valence-electron chi connectivity index (χ1n) is 8.81. The number of sulfonamides is 1. The molecule has 0 aromatic carbocycles. The standard InChI is InChI=1S/C17H24N4O3S3/c1-13-5-7-21(8-6-13)10-14-12-26-17(18-14)19-15(22)11-20(2)27(23,24)16-4-3-9-25-16/h3-4,9,12-13H,5-8,10-11H2,1-2H3,(H,18,19,22). The van der Waals surface area contributed by atoms with Crippen LogP contribution in [0.3, 0.4) is 0 Å². The van der Waals surface area contributed by atoms with Gasteiger partial charge in [-0.15, -0.1) is 22.7 Å². The molecule has 2 aromatic rings. The van der Waals surface area contributed by atoms with Gasteiger partial charge in [0, 0.05) is 19.0 Å². The molecule has 2 aromatic heterocycles. The number of anilines is 1. The Balaban J connectivity index is 1.52. The van der Waals surface area contributed by atoms with E-state index in [1.165, 1.54) is 37.3 Å². The lowest BCUT2D eigenvalue weighted by Gasteiger charge is -2.29. The van der Waals surface area contributed by atoms with Crippen LogP contribution in [0.5, 0.6) is 0 Å². The lowest BCUT2D eigenvalue weighted by atomic mass is 9.99. The summed E-state index contributed by atoms with van der Waals surface area (Å²) in [5.41, 5.74) is 0.935. The summed E-state index contributed by atoms with van der Waals surface area (Å²) in [7, 11) is -2.23. The van der Waals surface area contributed by atoms with Gasteiger partial charge in [-0.05, 0) is 43.3 Å². The number of carbonyl (C=O) groups excluding carboxylic acids is 1. The summed E-state index contributed by atoms with van der Waals surface area (Å²) >= 11 is 2.50. The van der Waals surface area contributed by atoms with E-state index in [0.717, 1.165) is 46.9 Å². The molecule has 1 saturated heterocycles. The molecule has 3 rings (SSSR count). The van der Waals surface area contributed by atoms with Crippen LogP contribution in [-0.4, -0.2) is 55.2 Å². The number of nitrogens with zero attached hydrogens (tertiary/aromatic N) is 3. The molecule has 1 amide bonds. The van der Waals surface area contributed by atoms with Crippen LogP contribution in [0.2, 0.25) is 0 Å². The van der Waals surface area contributed by atoms with Crippen molar-refractivity contribution in [2.45, 2.75) is 30.5 Å². The van der Waals surface area contributed by atoms with Gasteiger partial charge in [0.1, 0.15) is 4.21 Å². The van der Waals surface area contributed by atoms with Crippen LogP contribution in [-0.2, 0) is 21.4 Å². The first-order valence-corrected chi connectivity index (χ1v) is 12.0. The highest BCUT2D eigenvalue weighted by Crippen LogP contribution is 2.22. The maximum atomic E-state index is 12.4. The summed E-state index contributed by atoms with van der Waals surface area (Å²) in [4.78, 5) is 19.1. The van der Waals surface area contributed by atoms with Gasteiger partial charge in [0.15, 0.2) is 5.13 Å². The number of nitrogens with one attached hydrogen (secondary N) is 1. The van der Waals surface area contributed by atoms with Crippen LogP contribution in [0.15, 0.2) is 27.1 Å². The number of hydrogen-bond acceptors (Lipinski definition) is 7.